The summed E-state index contributed by atoms with van der Waals surface area (Å²) in [5.74, 6) is -0.355. The number of pyridine rings is 2. The largest absolute Gasteiger partial charge is 0.465 e. The van der Waals surface area contributed by atoms with E-state index in [1.165, 1.54) is 22.7 Å². The minimum absolute atomic E-state index is 0.261. The summed E-state index contributed by atoms with van der Waals surface area (Å²) < 4.78 is 14.5. The zero-order valence-corrected chi connectivity index (χ0v) is 9.99. The minimum Gasteiger partial charge on any atom is -0.465 e. The summed E-state index contributed by atoms with van der Waals surface area (Å²) >= 11 is 0. The summed E-state index contributed by atoms with van der Waals surface area (Å²) in [6.45, 7) is 0. The number of carbonyl (C=O) groups is 1. The number of hydrogen-bond acceptors (Lipinski definition) is 4. The van der Waals surface area contributed by atoms with Gasteiger partial charge in [0, 0.05) is 18.0 Å². The molecule has 7 nitrogen and oxygen atoms in total. The molecule has 0 unspecified atom stereocenters. The summed E-state index contributed by atoms with van der Waals surface area (Å²) in [7, 11) is 0. The van der Waals surface area contributed by atoms with Crippen molar-refractivity contribution in [1.29, 1.82) is 0 Å². The molecule has 0 fully saturated rings. The van der Waals surface area contributed by atoms with E-state index in [1.54, 1.807) is 18.3 Å². The number of anilines is 1. The number of nitrogens with zero attached hydrogens (tertiary/aromatic N) is 4. The predicted octanol–water partition coefficient (Wildman–Crippen LogP) is 2.02. The molecule has 3 heterocycles. The molecule has 0 spiro atoms. The van der Waals surface area contributed by atoms with Crippen molar-refractivity contribution in [2.45, 2.75) is 0 Å². The van der Waals surface area contributed by atoms with Crippen molar-refractivity contribution in [3.8, 4) is 11.5 Å². The molecular weight excluding hydrogens is 265 g/mol. The lowest BCUT2D eigenvalue weighted by Crippen LogP contribution is -2.07. The van der Waals surface area contributed by atoms with Crippen molar-refractivity contribution in [3.63, 3.8) is 0 Å². The third kappa shape index (κ3) is 2.26. The van der Waals surface area contributed by atoms with Crippen LogP contribution in [0.3, 0.4) is 0 Å². The summed E-state index contributed by atoms with van der Waals surface area (Å²) in [4.78, 5) is 18.4. The van der Waals surface area contributed by atoms with Crippen LogP contribution >= 0.6 is 0 Å². The molecule has 2 N–H and O–H groups in total. The van der Waals surface area contributed by atoms with Crippen LogP contribution in [-0.2, 0) is 0 Å². The predicted molar refractivity (Wildman–Crippen MR) is 67.8 cm³/mol. The first kappa shape index (κ1) is 12.0. The van der Waals surface area contributed by atoms with Crippen molar-refractivity contribution < 1.29 is 14.3 Å². The first-order valence-corrected chi connectivity index (χ1v) is 5.61. The summed E-state index contributed by atoms with van der Waals surface area (Å²) in [5, 5.41) is 15.0. The molecule has 8 heteroatoms. The Balaban J connectivity index is 2.04. The highest BCUT2D eigenvalue weighted by molar-refractivity contribution is 5.83. The molecule has 0 bridgehead atoms. The van der Waals surface area contributed by atoms with Crippen LogP contribution in [-0.4, -0.2) is 30.8 Å². The molecule has 0 saturated heterocycles. The number of nitrogens with one attached hydrogen (secondary N) is 1. The molecule has 20 heavy (non-hydrogen) atoms. The molecule has 3 aromatic heterocycles. The van der Waals surface area contributed by atoms with Gasteiger partial charge in [0.05, 0.1) is 0 Å². The SMILES string of the molecule is O=C(O)Nc1ccn2nc(-c3cccc(F)n3)nc2c1. The first-order valence-electron chi connectivity index (χ1n) is 5.61. The lowest BCUT2D eigenvalue weighted by molar-refractivity contribution is 0.210. The van der Waals surface area contributed by atoms with Crippen molar-refractivity contribution in [3.05, 3.63) is 42.5 Å². The van der Waals surface area contributed by atoms with Gasteiger partial charge < -0.3 is 5.11 Å². The van der Waals surface area contributed by atoms with Gasteiger partial charge in [0.1, 0.15) is 5.69 Å². The highest BCUT2D eigenvalue weighted by Gasteiger charge is 2.09. The topological polar surface area (TPSA) is 92.4 Å². The van der Waals surface area contributed by atoms with E-state index in [4.69, 9.17) is 5.11 Å². The Morgan fingerprint density at radius 3 is 2.90 bits per heavy atom. The third-order valence-electron chi connectivity index (χ3n) is 2.53. The van der Waals surface area contributed by atoms with Gasteiger partial charge >= 0.3 is 6.09 Å². The van der Waals surface area contributed by atoms with Crippen LogP contribution in [0.25, 0.3) is 17.2 Å². The van der Waals surface area contributed by atoms with Gasteiger partial charge in [-0.25, -0.2) is 19.3 Å². The molecule has 0 aliphatic rings. The molecule has 0 radical (unpaired) electrons. The lowest BCUT2D eigenvalue weighted by Gasteiger charge is -1.99. The molecule has 0 aliphatic carbocycles. The van der Waals surface area contributed by atoms with Crippen LogP contribution in [0.4, 0.5) is 14.9 Å². The zero-order chi connectivity index (χ0) is 14.1. The number of aromatic nitrogens is 4. The summed E-state index contributed by atoms with van der Waals surface area (Å²) in [5.41, 5.74) is 1.11. The van der Waals surface area contributed by atoms with Gasteiger partial charge in [-0.1, -0.05) is 6.07 Å². The second-order valence-electron chi connectivity index (χ2n) is 3.93. The smallest absolute Gasteiger partial charge is 0.409 e. The van der Waals surface area contributed by atoms with Crippen molar-refractivity contribution >= 4 is 17.4 Å². The highest BCUT2D eigenvalue weighted by atomic mass is 19.1. The molecular formula is C12H8FN5O2. The second kappa shape index (κ2) is 4.57. The Labute approximate surface area is 111 Å². The van der Waals surface area contributed by atoms with Crippen molar-refractivity contribution in [2.24, 2.45) is 0 Å². The van der Waals surface area contributed by atoms with Gasteiger partial charge in [0.15, 0.2) is 5.65 Å². The molecule has 0 atom stereocenters. The Kier molecular flexibility index (Phi) is 2.75. The average Bonchev–Trinajstić information content (AvgIpc) is 2.81. The lowest BCUT2D eigenvalue weighted by atomic mass is 10.3. The van der Waals surface area contributed by atoms with E-state index in [-0.39, 0.29) is 5.82 Å². The van der Waals surface area contributed by atoms with Gasteiger partial charge in [0.2, 0.25) is 11.8 Å². The van der Waals surface area contributed by atoms with Gasteiger partial charge in [-0.05, 0) is 18.2 Å². The van der Waals surface area contributed by atoms with Crippen LogP contribution in [0.2, 0.25) is 0 Å². The van der Waals surface area contributed by atoms with Crippen LogP contribution in [0, 0.1) is 5.95 Å². The van der Waals surface area contributed by atoms with E-state index in [9.17, 15) is 9.18 Å². The molecule has 3 aromatic rings. The fourth-order valence-electron chi connectivity index (χ4n) is 1.72. The Hall–Kier alpha value is -3.03. The van der Waals surface area contributed by atoms with Crippen LogP contribution in [0.15, 0.2) is 36.5 Å². The van der Waals surface area contributed by atoms with Gasteiger partial charge in [-0.2, -0.15) is 4.39 Å². The molecule has 0 saturated carbocycles. The molecule has 0 aliphatic heterocycles. The maximum absolute atomic E-state index is 13.1. The first-order chi connectivity index (χ1) is 9.61. The average molecular weight is 273 g/mol. The summed E-state index contributed by atoms with van der Waals surface area (Å²) in [6.07, 6.45) is 0.386. The molecule has 100 valence electrons. The van der Waals surface area contributed by atoms with E-state index in [2.05, 4.69) is 20.4 Å². The maximum atomic E-state index is 13.1. The fraction of sp³-hybridized carbons (Fsp3) is 0. The molecule has 0 aromatic carbocycles. The standard InChI is InChI=1S/C12H8FN5O2/c13-9-3-1-2-8(15-9)11-16-10-6-7(14-12(19)20)4-5-18(10)17-11/h1-6,14H,(H,19,20). The maximum Gasteiger partial charge on any atom is 0.409 e. The number of fused-ring (bicyclic) bond motifs is 1. The van der Waals surface area contributed by atoms with Crippen molar-refractivity contribution in [1.82, 2.24) is 19.6 Å². The molecule has 3 rings (SSSR count). The van der Waals surface area contributed by atoms with E-state index in [0.29, 0.717) is 17.0 Å². The van der Waals surface area contributed by atoms with E-state index >= 15 is 0 Å². The number of carboxylic acid groups (broad SMARTS) is 1. The quantitative estimate of drug-likeness (QED) is 0.697. The van der Waals surface area contributed by atoms with Crippen LogP contribution < -0.4 is 5.32 Å². The van der Waals surface area contributed by atoms with E-state index < -0.39 is 12.0 Å². The van der Waals surface area contributed by atoms with Gasteiger partial charge in [-0.3, -0.25) is 5.32 Å². The van der Waals surface area contributed by atoms with Gasteiger partial charge in [0.25, 0.3) is 0 Å². The third-order valence-corrected chi connectivity index (χ3v) is 2.53. The normalized spacial score (nSPS) is 10.7. The van der Waals surface area contributed by atoms with E-state index in [1.807, 2.05) is 0 Å². The van der Waals surface area contributed by atoms with Crippen molar-refractivity contribution in [2.75, 3.05) is 5.32 Å². The highest BCUT2D eigenvalue weighted by Crippen LogP contribution is 2.16. The zero-order valence-electron chi connectivity index (χ0n) is 9.99. The van der Waals surface area contributed by atoms with Crippen LogP contribution in [0.1, 0.15) is 0 Å². The molecule has 1 amide bonds. The Morgan fingerprint density at radius 1 is 1.30 bits per heavy atom. The van der Waals surface area contributed by atoms with Crippen LogP contribution in [0.5, 0.6) is 0 Å². The van der Waals surface area contributed by atoms with E-state index in [0.717, 1.165) is 0 Å². The second-order valence-corrected chi connectivity index (χ2v) is 3.93. The number of halogens is 1. The minimum atomic E-state index is -1.17. The Bertz CT molecular complexity index is 801. The fourth-order valence-corrected chi connectivity index (χ4v) is 1.72. The monoisotopic (exact) mass is 273 g/mol. The number of hydrogen-bond donors (Lipinski definition) is 2. The number of amides is 1. The summed E-state index contributed by atoms with van der Waals surface area (Å²) in [6, 6.07) is 7.39. The van der Waals surface area contributed by atoms with Gasteiger partial charge in [-0.15, -0.1) is 5.10 Å². The number of rotatable bonds is 2. The Morgan fingerprint density at radius 2 is 2.15 bits per heavy atom.